The van der Waals surface area contributed by atoms with E-state index in [9.17, 15) is 9.59 Å². The zero-order chi connectivity index (χ0) is 24.9. The first kappa shape index (κ1) is 24.4. The standard InChI is InChI=1S/C25H26ClN5O4/c1-4-27-22(32)13-20-25-30-29-15(3)31(25)21-11-10-18(35-14-23(33)34-5-2)12-19(21)24(28-20)16-6-8-17(26)9-7-16/h6-12,20H,4-5,13-14H2,1-3H3,(H,27,32). The number of aryl methyl sites for hydroxylation is 1. The summed E-state index contributed by atoms with van der Waals surface area (Å²) in [6.07, 6.45) is 0.114. The number of fused-ring (bicyclic) bond motifs is 3. The van der Waals surface area contributed by atoms with E-state index in [0.717, 1.165) is 16.8 Å². The Balaban J connectivity index is 1.85. The van der Waals surface area contributed by atoms with Gasteiger partial charge in [0.1, 0.15) is 17.6 Å². The van der Waals surface area contributed by atoms with Crippen LogP contribution in [0.3, 0.4) is 0 Å². The lowest BCUT2D eigenvalue weighted by atomic mass is 10.00. The number of halogens is 1. The van der Waals surface area contributed by atoms with Crippen LogP contribution >= 0.6 is 11.6 Å². The molecule has 0 saturated carbocycles. The molecular formula is C25H26ClN5O4. The topological polar surface area (TPSA) is 108 Å². The van der Waals surface area contributed by atoms with Gasteiger partial charge in [0.15, 0.2) is 12.4 Å². The summed E-state index contributed by atoms with van der Waals surface area (Å²) in [7, 11) is 0. The molecule has 0 fully saturated rings. The fraction of sp³-hybridized carbons (Fsp3) is 0.320. The van der Waals surface area contributed by atoms with Crippen LogP contribution in [0.5, 0.6) is 5.75 Å². The maximum absolute atomic E-state index is 12.5. The normalized spacial score (nSPS) is 14.3. The Morgan fingerprint density at radius 3 is 2.60 bits per heavy atom. The predicted octanol–water partition coefficient (Wildman–Crippen LogP) is 3.59. The van der Waals surface area contributed by atoms with Gasteiger partial charge in [-0.15, -0.1) is 10.2 Å². The molecule has 0 aliphatic carbocycles. The van der Waals surface area contributed by atoms with Crippen LogP contribution in [-0.2, 0) is 14.3 Å². The van der Waals surface area contributed by atoms with Crippen LogP contribution in [0, 0.1) is 6.92 Å². The van der Waals surface area contributed by atoms with Crippen molar-refractivity contribution in [3.8, 4) is 11.4 Å². The second-order valence-corrected chi connectivity index (χ2v) is 8.31. The van der Waals surface area contributed by atoms with E-state index in [4.69, 9.17) is 26.1 Å². The molecule has 1 N–H and O–H groups in total. The van der Waals surface area contributed by atoms with E-state index < -0.39 is 12.0 Å². The van der Waals surface area contributed by atoms with Crippen LogP contribution < -0.4 is 10.1 Å². The Morgan fingerprint density at radius 2 is 1.89 bits per heavy atom. The Morgan fingerprint density at radius 1 is 1.11 bits per heavy atom. The van der Waals surface area contributed by atoms with Gasteiger partial charge < -0.3 is 14.8 Å². The van der Waals surface area contributed by atoms with Gasteiger partial charge in [-0.05, 0) is 51.1 Å². The van der Waals surface area contributed by atoms with E-state index in [1.165, 1.54) is 0 Å². The number of nitrogens with zero attached hydrogens (tertiary/aromatic N) is 4. The van der Waals surface area contributed by atoms with Crippen molar-refractivity contribution in [3.63, 3.8) is 0 Å². The number of carbonyl (C=O) groups is 2. The Bertz CT molecular complexity index is 1270. The molecule has 10 heteroatoms. The molecule has 4 rings (SSSR count). The number of hydrogen-bond donors (Lipinski definition) is 1. The van der Waals surface area contributed by atoms with Gasteiger partial charge >= 0.3 is 5.97 Å². The van der Waals surface area contributed by atoms with Gasteiger partial charge in [-0.25, -0.2) is 4.79 Å². The van der Waals surface area contributed by atoms with Gasteiger partial charge in [0, 0.05) is 22.7 Å². The highest BCUT2D eigenvalue weighted by Crippen LogP contribution is 2.34. The van der Waals surface area contributed by atoms with Gasteiger partial charge in [0.25, 0.3) is 0 Å². The number of carbonyl (C=O) groups excluding carboxylic acids is 2. The molecule has 1 atom stereocenters. The van der Waals surface area contributed by atoms with Crippen LogP contribution in [0.2, 0.25) is 5.02 Å². The fourth-order valence-electron chi connectivity index (χ4n) is 3.93. The number of ether oxygens (including phenoxy) is 2. The molecule has 0 spiro atoms. The van der Waals surface area contributed by atoms with Crippen molar-refractivity contribution in [1.82, 2.24) is 20.1 Å². The molecule has 1 aromatic heterocycles. The summed E-state index contributed by atoms with van der Waals surface area (Å²) in [6, 6.07) is 12.2. The number of amides is 1. The van der Waals surface area contributed by atoms with Crippen LogP contribution in [0.15, 0.2) is 47.5 Å². The average Bonchev–Trinajstić information content (AvgIpc) is 3.16. The van der Waals surface area contributed by atoms with E-state index >= 15 is 0 Å². The Kier molecular flexibility index (Phi) is 7.45. The lowest BCUT2D eigenvalue weighted by Crippen LogP contribution is -2.25. The first-order valence-corrected chi connectivity index (χ1v) is 11.7. The summed E-state index contributed by atoms with van der Waals surface area (Å²) in [6.45, 7) is 6.05. The lowest BCUT2D eigenvalue weighted by molar-refractivity contribution is -0.145. The third kappa shape index (κ3) is 5.35. The molecule has 0 saturated heterocycles. The van der Waals surface area contributed by atoms with Gasteiger partial charge in [-0.3, -0.25) is 14.4 Å². The van der Waals surface area contributed by atoms with Crippen LogP contribution in [0.4, 0.5) is 0 Å². The predicted molar refractivity (Wildman–Crippen MR) is 131 cm³/mol. The van der Waals surface area contributed by atoms with E-state index in [-0.39, 0.29) is 25.5 Å². The monoisotopic (exact) mass is 495 g/mol. The minimum atomic E-state index is -0.565. The maximum atomic E-state index is 12.5. The Labute approximate surface area is 208 Å². The van der Waals surface area contributed by atoms with Gasteiger partial charge in [-0.1, -0.05) is 23.7 Å². The van der Waals surface area contributed by atoms with Crippen molar-refractivity contribution >= 4 is 29.2 Å². The molecule has 1 amide bonds. The van der Waals surface area contributed by atoms with E-state index in [1.54, 1.807) is 25.1 Å². The number of nitrogens with one attached hydrogen (secondary N) is 1. The summed E-state index contributed by atoms with van der Waals surface area (Å²) in [4.78, 5) is 29.3. The first-order valence-electron chi connectivity index (χ1n) is 11.4. The van der Waals surface area contributed by atoms with Crippen molar-refractivity contribution in [2.75, 3.05) is 19.8 Å². The molecule has 1 aliphatic rings. The average molecular weight is 496 g/mol. The molecule has 2 aromatic carbocycles. The SMILES string of the molecule is CCNC(=O)CC1N=C(c2ccc(Cl)cc2)c2cc(OCC(=O)OCC)ccc2-n2c(C)nnc21. The molecule has 9 nitrogen and oxygen atoms in total. The third-order valence-corrected chi connectivity index (χ3v) is 5.68. The minimum Gasteiger partial charge on any atom is -0.482 e. The summed E-state index contributed by atoms with van der Waals surface area (Å²) in [5.74, 6) is 1.13. The highest BCUT2D eigenvalue weighted by Gasteiger charge is 2.30. The second-order valence-electron chi connectivity index (χ2n) is 7.87. The number of benzene rings is 2. The number of aromatic nitrogens is 3. The number of aliphatic imine (C=N–C) groups is 1. The molecule has 35 heavy (non-hydrogen) atoms. The van der Waals surface area contributed by atoms with Gasteiger partial charge in [-0.2, -0.15) is 0 Å². The number of rotatable bonds is 8. The zero-order valence-corrected chi connectivity index (χ0v) is 20.5. The van der Waals surface area contributed by atoms with E-state index in [0.29, 0.717) is 34.7 Å². The van der Waals surface area contributed by atoms with Crippen molar-refractivity contribution in [3.05, 3.63) is 70.3 Å². The summed E-state index contributed by atoms with van der Waals surface area (Å²) in [5.41, 5.74) is 3.00. The molecule has 0 radical (unpaired) electrons. The molecule has 182 valence electrons. The molecule has 2 heterocycles. The van der Waals surface area contributed by atoms with Crippen LogP contribution in [0.25, 0.3) is 5.69 Å². The lowest BCUT2D eigenvalue weighted by Gasteiger charge is -2.15. The molecule has 3 aromatic rings. The summed E-state index contributed by atoms with van der Waals surface area (Å²) in [5, 5.41) is 12.1. The maximum Gasteiger partial charge on any atom is 0.344 e. The molecule has 1 unspecified atom stereocenters. The van der Waals surface area contributed by atoms with Crippen molar-refractivity contribution < 1.29 is 19.1 Å². The zero-order valence-electron chi connectivity index (χ0n) is 19.7. The first-order chi connectivity index (χ1) is 16.9. The minimum absolute atomic E-state index is 0.114. The van der Waals surface area contributed by atoms with Crippen LogP contribution in [-0.4, -0.2) is 52.1 Å². The van der Waals surface area contributed by atoms with Gasteiger partial charge in [0.05, 0.1) is 24.4 Å². The van der Waals surface area contributed by atoms with E-state index in [1.807, 2.05) is 42.7 Å². The largest absolute Gasteiger partial charge is 0.482 e. The Hall–Kier alpha value is -3.72. The van der Waals surface area contributed by atoms with E-state index in [2.05, 4.69) is 15.5 Å². The summed E-state index contributed by atoms with van der Waals surface area (Å²) < 4.78 is 12.6. The second kappa shape index (κ2) is 10.7. The van der Waals surface area contributed by atoms with Gasteiger partial charge in [0.2, 0.25) is 5.91 Å². The van der Waals surface area contributed by atoms with Crippen molar-refractivity contribution in [2.45, 2.75) is 33.2 Å². The number of hydrogen-bond acceptors (Lipinski definition) is 7. The third-order valence-electron chi connectivity index (χ3n) is 5.43. The molecule has 1 aliphatic heterocycles. The smallest absolute Gasteiger partial charge is 0.344 e. The van der Waals surface area contributed by atoms with Crippen LogP contribution in [0.1, 0.15) is 49.1 Å². The van der Waals surface area contributed by atoms with Crippen molar-refractivity contribution in [2.24, 2.45) is 4.99 Å². The fourth-order valence-corrected chi connectivity index (χ4v) is 4.06. The summed E-state index contributed by atoms with van der Waals surface area (Å²) >= 11 is 6.13. The van der Waals surface area contributed by atoms with Crippen molar-refractivity contribution in [1.29, 1.82) is 0 Å². The number of esters is 1. The molecule has 0 bridgehead atoms. The molecular weight excluding hydrogens is 470 g/mol. The quantitative estimate of drug-likeness (QED) is 0.478. The highest BCUT2D eigenvalue weighted by molar-refractivity contribution is 6.30. The highest BCUT2D eigenvalue weighted by atomic mass is 35.5.